The molecule has 1 aliphatic rings. The summed E-state index contributed by atoms with van der Waals surface area (Å²) in [4.78, 5) is 14.6. The third-order valence-electron chi connectivity index (χ3n) is 3.84. The Hall–Kier alpha value is -2.37. The molecule has 1 saturated heterocycles. The third kappa shape index (κ3) is 4.42. The molecule has 0 radical (unpaired) electrons. The Morgan fingerprint density at radius 3 is 2.58 bits per heavy atom. The molecule has 26 heavy (non-hydrogen) atoms. The van der Waals surface area contributed by atoms with Gasteiger partial charge in [-0.3, -0.25) is 9.69 Å². The number of thiocarbonyl (C=S) groups is 1. The van der Waals surface area contributed by atoms with Crippen molar-refractivity contribution in [1.82, 2.24) is 4.90 Å². The van der Waals surface area contributed by atoms with E-state index in [2.05, 4.69) is 0 Å². The molecular weight excluding hydrogens is 362 g/mol. The van der Waals surface area contributed by atoms with E-state index >= 15 is 0 Å². The maximum Gasteiger partial charge on any atom is 0.266 e. The summed E-state index contributed by atoms with van der Waals surface area (Å²) in [7, 11) is 0. The summed E-state index contributed by atoms with van der Waals surface area (Å²) in [6, 6.07) is 17.8. The van der Waals surface area contributed by atoms with E-state index in [1.165, 1.54) is 11.8 Å². The highest BCUT2D eigenvalue weighted by molar-refractivity contribution is 8.26. The Labute approximate surface area is 163 Å². The van der Waals surface area contributed by atoms with Crippen LogP contribution >= 0.6 is 24.0 Å². The highest BCUT2D eigenvalue weighted by Gasteiger charge is 2.30. The second-order valence-electron chi connectivity index (χ2n) is 5.59. The predicted molar refractivity (Wildman–Crippen MR) is 113 cm³/mol. The van der Waals surface area contributed by atoms with Gasteiger partial charge in [-0.1, -0.05) is 78.6 Å². The SMILES string of the molecule is CCN1C(=O)C(=Cc2ccccc2OCC=Cc2ccccc2)SC1=S. The van der Waals surface area contributed by atoms with Crippen molar-refractivity contribution in [2.75, 3.05) is 13.2 Å². The number of ether oxygens (including phenoxy) is 1. The Morgan fingerprint density at radius 1 is 1.12 bits per heavy atom. The average Bonchev–Trinajstić information content (AvgIpc) is 2.93. The first-order valence-electron chi connectivity index (χ1n) is 8.38. The van der Waals surface area contributed by atoms with Crippen molar-refractivity contribution in [3.05, 3.63) is 76.7 Å². The summed E-state index contributed by atoms with van der Waals surface area (Å²) in [5.41, 5.74) is 2.00. The minimum atomic E-state index is -0.0405. The Morgan fingerprint density at radius 2 is 1.85 bits per heavy atom. The lowest BCUT2D eigenvalue weighted by molar-refractivity contribution is -0.121. The lowest BCUT2D eigenvalue weighted by atomic mass is 10.2. The van der Waals surface area contributed by atoms with Gasteiger partial charge in [0.1, 0.15) is 16.7 Å². The number of carbonyl (C=O) groups excluding carboxylic acids is 1. The number of hydrogen-bond donors (Lipinski definition) is 0. The number of thioether (sulfide) groups is 1. The van der Waals surface area contributed by atoms with Crippen LogP contribution in [0, 0.1) is 0 Å². The summed E-state index contributed by atoms with van der Waals surface area (Å²) in [6.45, 7) is 2.96. The van der Waals surface area contributed by atoms with Crippen molar-refractivity contribution in [3.63, 3.8) is 0 Å². The van der Waals surface area contributed by atoms with Crippen molar-refractivity contribution in [2.24, 2.45) is 0 Å². The second-order valence-corrected chi connectivity index (χ2v) is 7.26. The van der Waals surface area contributed by atoms with Crippen LogP contribution in [0.15, 0.2) is 65.6 Å². The first-order valence-corrected chi connectivity index (χ1v) is 9.60. The van der Waals surface area contributed by atoms with Gasteiger partial charge in [-0.25, -0.2) is 0 Å². The number of amides is 1. The highest BCUT2D eigenvalue weighted by Crippen LogP contribution is 2.33. The van der Waals surface area contributed by atoms with E-state index in [4.69, 9.17) is 17.0 Å². The van der Waals surface area contributed by atoms with Crippen molar-refractivity contribution < 1.29 is 9.53 Å². The molecule has 1 heterocycles. The highest BCUT2D eigenvalue weighted by atomic mass is 32.2. The van der Waals surface area contributed by atoms with Gasteiger partial charge in [0, 0.05) is 12.1 Å². The Kier molecular flexibility index (Phi) is 6.26. The lowest BCUT2D eigenvalue weighted by Gasteiger charge is -2.10. The average molecular weight is 382 g/mol. The zero-order valence-electron chi connectivity index (χ0n) is 14.4. The van der Waals surface area contributed by atoms with E-state index in [1.54, 1.807) is 4.90 Å². The molecule has 0 aromatic heterocycles. The molecule has 0 N–H and O–H groups in total. The summed E-state index contributed by atoms with van der Waals surface area (Å²) in [6.07, 6.45) is 5.85. The molecule has 0 bridgehead atoms. The van der Waals surface area contributed by atoms with Crippen molar-refractivity contribution in [1.29, 1.82) is 0 Å². The fourth-order valence-corrected chi connectivity index (χ4v) is 3.91. The van der Waals surface area contributed by atoms with Gasteiger partial charge in [0.25, 0.3) is 5.91 Å². The van der Waals surface area contributed by atoms with Crippen LogP contribution in [-0.4, -0.2) is 28.3 Å². The minimum Gasteiger partial charge on any atom is -0.489 e. The first-order chi connectivity index (χ1) is 12.7. The molecule has 2 aromatic rings. The van der Waals surface area contributed by atoms with Crippen LogP contribution in [0.25, 0.3) is 12.2 Å². The maximum atomic E-state index is 12.4. The molecule has 2 aromatic carbocycles. The van der Waals surface area contributed by atoms with Gasteiger partial charge in [-0.05, 0) is 30.7 Å². The van der Waals surface area contributed by atoms with Gasteiger partial charge < -0.3 is 4.74 Å². The molecule has 0 saturated carbocycles. The quantitative estimate of drug-likeness (QED) is 0.520. The molecule has 3 rings (SSSR count). The predicted octanol–water partition coefficient (Wildman–Crippen LogP) is 5.00. The number of rotatable bonds is 6. The van der Waals surface area contributed by atoms with E-state index in [1.807, 2.05) is 79.7 Å². The fourth-order valence-electron chi connectivity index (χ4n) is 2.53. The van der Waals surface area contributed by atoms with Gasteiger partial charge in [-0.15, -0.1) is 0 Å². The van der Waals surface area contributed by atoms with Crippen LogP contribution in [0.4, 0.5) is 0 Å². The number of nitrogens with zero attached hydrogens (tertiary/aromatic N) is 1. The van der Waals surface area contributed by atoms with E-state index in [9.17, 15) is 4.79 Å². The molecule has 3 nitrogen and oxygen atoms in total. The summed E-state index contributed by atoms with van der Waals surface area (Å²) in [5, 5.41) is 0. The molecule has 1 amide bonds. The van der Waals surface area contributed by atoms with Crippen molar-refractivity contribution >= 4 is 46.4 Å². The Bertz CT molecular complexity index is 859. The third-order valence-corrected chi connectivity index (χ3v) is 5.22. The van der Waals surface area contributed by atoms with E-state index in [0.29, 0.717) is 22.4 Å². The number of hydrogen-bond acceptors (Lipinski definition) is 4. The topological polar surface area (TPSA) is 29.5 Å². The zero-order valence-corrected chi connectivity index (χ0v) is 16.1. The summed E-state index contributed by atoms with van der Waals surface area (Å²) in [5.74, 6) is 0.702. The second kappa shape index (κ2) is 8.83. The normalized spacial score (nSPS) is 16.0. The molecule has 0 aliphatic carbocycles. The molecule has 1 fully saturated rings. The Balaban J connectivity index is 1.71. The largest absolute Gasteiger partial charge is 0.489 e. The van der Waals surface area contributed by atoms with Gasteiger partial charge >= 0.3 is 0 Å². The zero-order chi connectivity index (χ0) is 18.4. The van der Waals surface area contributed by atoms with Crippen LogP contribution in [-0.2, 0) is 4.79 Å². The number of benzene rings is 2. The number of likely N-dealkylation sites (N-methyl/N-ethyl adjacent to an activating group) is 1. The molecule has 0 spiro atoms. The van der Waals surface area contributed by atoms with Crippen molar-refractivity contribution in [2.45, 2.75) is 6.92 Å². The van der Waals surface area contributed by atoms with Gasteiger partial charge in [0.15, 0.2) is 0 Å². The molecule has 0 unspecified atom stereocenters. The summed E-state index contributed by atoms with van der Waals surface area (Å²) < 4.78 is 6.49. The molecule has 5 heteroatoms. The van der Waals surface area contributed by atoms with Gasteiger partial charge in [0.05, 0.1) is 4.91 Å². The van der Waals surface area contributed by atoms with Crippen LogP contribution < -0.4 is 4.74 Å². The molecular formula is C21H19NO2S2. The monoisotopic (exact) mass is 381 g/mol. The van der Waals surface area contributed by atoms with Crippen LogP contribution in [0.1, 0.15) is 18.1 Å². The van der Waals surface area contributed by atoms with Crippen LogP contribution in [0.2, 0.25) is 0 Å². The van der Waals surface area contributed by atoms with E-state index < -0.39 is 0 Å². The summed E-state index contributed by atoms with van der Waals surface area (Å²) >= 11 is 6.60. The smallest absolute Gasteiger partial charge is 0.266 e. The standard InChI is InChI=1S/C21H19NO2S2/c1-2-22-20(23)19(26-21(22)25)15-17-12-6-7-13-18(17)24-14-8-11-16-9-4-3-5-10-16/h3-13,15H,2,14H2,1H3. The number of carbonyl (C=O) groups is 1. The van der Waals surface area contributed by atoms with Gasteiger partial charge in [-0.2, -0.15) is 0 Å². The van der Waals surface area contributed by atoms with E-state index in [0.717, 1.165) is 16.9 Å². The lowest BCUT2D eigenvalue weighted by Crippen LogP contribution is -2.27. The first kappa shape index (κ1) is 18.4. The number of para-hydroxylation sites is 1. The molecule has 0 atom stereocenters. The maximum absolute atomic E-state index is 12.4. The molecule has 132 valence electrons. The van der Waals surface area contributed by atoms with Crippen LogP contribution in [0.5, 0.6) is 5.75 Å². The van der Waals surface area contributed by atoms with Gasteiger partial charge in [0.2, 0.25) is 0 Å². The minimum absolute atomic E-state index is 0.0405. The van der Waals surface area contributed by atoms with Crippen molar-refractivity contribution in [3.8, 4) is 5.75 Å². The van der Waals surface area contributed by atoms with Crippen LogP contribution in [0.3, 0.4) is 0 Å². The van der Waals surface area contributed by atoms with E-state index in [-0.39, 0.29) is 5.91 Å². The molecule has 1 aliphatic heterocycles. The fraction of sp³-hybridized carbons (Fsp3) is 0.143.